The van der Waals surface area contributed by atoms with Crippen molar-refractivity contribution < 1.29 is 4.79 Å². The minimum atomic E-state index is -0.313. The molecule has 0 spiro atoms. The minimum absolute atomic E-state index is 0.0684. The normalized spacial score (nSPS) is 11.2. The Kier molecular flexibility index (Phi) is 6.93. The summed E-state index contributed by atoms with van der Waals surface area (Å²) in [7, 11) is 0. The van der Waals surface area contributed by atoms with Gasteiger partial charge < -0.3 is 5.73 Å². The zero-order chi connectivity index (χ0) is 13.4. The van der Waals surface area contributed by atoms with Crippen LogP contribution in [0.15, 0.2) is 18.2 Å². The molecule has 2 N–H and O–H groups in total. The second kappa shape index (κ2) is 7.65. The summed E-state index contributed by atoms with van der Waals surface area (Å²) >= 11 is 0. The van der Waals surface area contributed by atoms with Crippen LogP contribution in [-0.2, 0) is 11.2 Å². The molecule has 2 heteroatoms. The summed E-state index contributed by atoms with van der Waals surface area (Å²) in [5.74, 6) is 0.0684. The SMILES string of the molecule is C#C.CC(=O)[C@@H](N)CCc1ccc(C)c(C)c1. The van der Waals surface area contributed by atoms with Gasteiger partial charge in [-0.1, -0.05) is 18.2 Å². The van der Waals surface area contributed by atoms with Crippen LogP contribution in [0.5, 0.6) is 0 Å². The van der Waals surface area contributed by atoms with Crippen LogP contribution in [0.3, 0.4) is 0 Å². The second-order valence-electron chi connectivity index (χ2n) is 4.17. The van der Waals surface area contributed by atoms with Gasteiger partial charge in [0.25, 0.3) is 0 Å². The van der Waals surface area contributed by atoms with Crippen molar-refractivity contribution in [2.45, 2.75) is 39.7 Å². The Hall–Kier alpha value is -1.59. The maximum Gasteiger partial charge on any atom is 0.146 e. The molecule has 2 nitrogen and oxygen atoms in total. The van der Waals surface area contributed by atoms with Gasteiger partial charge in [0.1, 0.15) is 5.78 Å². The van der Waals surface area contributed by atoms with E-state index in [0.717, 1.165) is 12.8 Å². The second-order valence-corrected chi connectivity index (χ2v) is 4.17. The average molecular weight is 231 g/mol. The lowest BCUT2D eigenvalue weighted by Crippen LogP contribution is -2.28. The Bertz CT molecular complexity index is 393. The first kappa shape index (κ1) is 15.4. The Balaban J connectivity index is 0.00000121. The summed E-state index contributed by atoms with van der Waals surface area (Å²) in [5.41, 5.74) is 9.54. The fraction of sp³-hybridized carbons (Fsp3) is 0.400. The number of hydrogen-bond acceptors (Lipinski definition) is 2. The van der Waals surface area contributed by atoms with Gasteiger partial charge in [0.15, 0.2) is 0 Å². The number of Topliss-reactive ketones (excluding diaryl/α,β-unsaturated/α-hetero) is 1. The zero-order valence-electron chi connectivity index (χ0n) is 10.9. The first-order valence-corrected chi connectivity index (χ1v) is 5.66. The Labute approximate surface area is 104 Å². The summed E-state index contributed by atoms with van der Waals surface area (Å²) in [6.45, 7) is 5.75. The smallest absolute Gasteiger partial charge is 0.146 e. The fourth-order valence-corrected chi connectivity index (χ4v) is 1.48. The van der Waals surface area contributed by atoms with Gasteiger partial charge in [0, 0.05) is 0 Å². The third-order valence-corrected chi connectivity index (χ3v) is 2.84. The van der Waals surface area contributed by atoms with Crippen LogP contribution in [0.2, 0.25) is 0 Å². The molecule has 0 fully saturated rings. The van der Waals surface area contributed by atoms with Gasteiger partial charge in [-0.05, 0) is 50.3 Å². The highest BCUT2D eigenvalue weighted by Crippen LogP contribution is 2.12. The lowest BCUT2D eigenvalue weighted by molar-refractivity contribution is -0.118. The van der Waals surface area contributed by atoms with Crippen molar-refractivity contribution in [2.75, 3.05) is 0 Å². The van der Waals surface area contributed by atoms with Gasteiger partial charge in [-0.25, -0.2) is 0 Å². The minimum Gasteiger partial charge on any atom is -0.322 e. The van der Waals surface area contributed by atoms with Crippen LogP contribution >= 0.6 is 0 Å². The number of aryl methyl sites for hydroxylation is 3. The van der Waals surface area contributed by atoms with E-state index in [1.807, 2.05) is 0 Å². The van der Waals surface area contributed by atoms with E-state index in [-0.39, 0.29) is 11.8 Å². The molecule has 17 heavy (non-hydrogen) atoms. The number of rotatable bonds is 4. The highest BCUT2D eigenvalue weighted by atomic mass is 16.1. The van der Waals surface area contributed by atoms with Gasteiger partial charge in [-0.3, -0.25) is 4.79 Å². The van der Waals surface area contributed by atoms with Crippen molar-refractivity contribution in [3.63, 3.8) is 0 Å². The molecule has 92 valence electrons. The molecule has 0 aliphatic heterocycles. The number of hydrogen-bond donors (Lipinski definition) is 1. The van der Waals surface area contributed by atoms with Crippen LogP contribution in [0, 0.1) is 26.7 Å². The first-order chi connectivity index (χ1) is 8.00. The van der Waals surface area contributed by atoms with Crippen LogP contribution in [-0.4, -0.2) is 11.8 Å². The summed E-state index contributed by atoms with van der Waals surface area (Å²) in [6, 6.07) is 6.08. The molecule has 0 bridgehead atoms. The summed E-state index contributed by atoms with van der Waals surface area (Å²) < 4.78 is 0. The van der Waals surface area contributed by atoms with E-state index < -0.39 is 0 Å². The van der Waals surface area contributed by atoms with Crippen molar-refractivity contribution in [2.24, 2.45) is 5.73 Å². The lowest BCUT2D eigenvalue weighted by Gasteiger charge is -2.08. The van der Waals surface area contributed by atoms with Crippen molar-refractivity contribution in [3.05, 3.63) is 34.9 Å². The van der Waals surface area contributed by atoms with Gasteiger partial charge in [0.05, 0.1) is 6.04 Å². The number of nitrogens with two attached hydrogens (primary N) is 1. The third-order valence-electron chi connectivity index (χ3n) is 2.84. The largest absolute Gasteiger partial charge is 0.322 e. The number of carbonyl (C=O) groups is 1. The molecule has 0 radical (unpaired) electrons. The Morgan fingerprint density at radius 1 is 1.29 bits per heavy atom. The zero-order valence-corrected chi connectivity index (χ0v) is 10.9. The van der Waals surface area contributed by atoms with Crippen LogP contribution in [0.25, 0.3) is 0 Å². The predicted molar refractivity (Wildman–Crippen MR) is 72.8 cm³/mol. The Morgan fingerprint density at radius 2 is 1.88 bits per heavy atom. The van der Waals surface area contributed by atoms with Gasteiger partial charge in [-0.15, -0.1) is 12.8 Å². The molecule has 1 aromatic carbocycles. The predicted octanol–water partition coefficient (Wildman–Crippen LogP) is 2.40. The topological polar surface area (TPSA) is 43.1 Å². The highest BCUT2D eigenvalue weighted by molar-refractivity contribution is 5.81. The van der Waals surface area contributed by atoms with E-state index in [2.05, 4.69) is 44.9 Å². The van der Waals surface area contributed by atoms with E-state index in [0.29, 0.717) is 0 Å². The van der Waals surface area contributed by atoms with Crippen molar-refractivity contribution >= 4 is 5.78 Å². The van der Waals surface area contributed by atoms with Crippen LogP contribution in [0.4, 0.5) is 0 Å². The molecule has 0 heterocycles. The first-order valence-electron chi connectivity index (χ1n) is 5.66. The Morgan fingerprint density at radius 3 is 2.35 bits per heavy atom. The monoisotopic (exact) mass is 231 g/mol. The number of terminal acetylenes is 1. The molecule has 0 aliphatic carbocycles. The van der Waals surface area contributed by atoms with Crippen LogP contribution in [0.1, 0.15) is 30.0 Å². The van der Waals surface area contributed by atoms with Gasteiger partial charge in [-0.2, -0.15) is 0 Å². The number of ketones is 1. The summed E-state index contributed by atoms with van der Waals surface area (Å²) in [5, 5.41) is 0. The van der Waals surface area contributed by atoms with E-state index in [1.165, 1.54) is 16.7 Å². The maximum atomic E-state index is 11.0. The third kappa shape index (κ3) is 5.33. The summed E-state index contributed by atoms with van der Waals surface area (Å²) in [6.07, 6.45) is 9.61. The van der Waals surface area contributed by atoms with Gasteiger partial charge in [0.2, 0.25) is 0 Å². The molecule has 1 atom stereocenters. The highest BCUT2D eigenvalue weighted by Gasteiger charge is 2.07. The maximum absolute atomic E-state index is 11.0. The molecule has 1 rings (SSSR count). The van der Waals surface area contributed by atoms with Gasteiger partial charge >= 0.3 is 0 Å². The standard InChI is InChI=1S/C13H19NO.C2H2/c1-9-4-5-12(8-10(9)2)6-7-13(14)11(3)15;1-2/h4-5,8,13H,6-7,14H2,1-3H3;1-2H/t13-;/m0./s1. The molecule has 0 aromatic heterocycles. The number of carbonyl (C=O) groups excluding carboxylic acids is 1. The molecule has 0 saturated heterocycles. The molecule has 0 unspecified atom stereocenters. The van der Waals surface area contributed by atoms with Crippen molar-refractivity contribution in [1.82, 2.24) is 0 Å². The van der Waals surface area contributed by atoms with E-state index in [1.54, 1.807) is 6.92 Å². The molecule has 0 saturated carbocycles. The lowest BCUT2D eigenvalue weighted by atomic mass is 10.00. The average Bonchev–Trinajstić information content (AvgIpc) is 2.32. The van der Waals surface area contributed by atoms with Crippen LogP contribution < -0.4 is 5.73 Å². The molecule has 0 amide bonds. The van der Waals surface area contributed by atoms with Crippen molar-refractivity contribution in [3.8, 4) is 12.8 Å². The van der Waals surface area contributed by atoms with E-state index in [9.17, 15) is 4.79 Å². The van der Waals surface area contributed by atoms with E-state index in [4.69, 9.17) is 5.73 Å². The van der Waals surface area contributed by atoms with E-state index >= 15 is 0 Å². The molecule has 0 aliphatic rings. The fourth-order valence-electron chi connectivity index (χ4n) is 1.48. The quantitative estimate of drug-likeness (QED) is 0.809. The summed E-state index contributed by atoms with van der Waals surface area (Å²) in [4.78, 5) is 11.0. The molecular weight excluding hydrogens is 210 g/mol. The van der Waals surface area contributed by atoms with Crippen molar-refractivity contribution in [1.29, 1.82) is 0 Å². The molecule has 1 aromatic rings. The molecular formula is C15H21NO. The number of benzene rings is 1.